The molecule has 0 bridgehead atoms. The molecule has 112 valence electrons. The van der Waals surface area contributed by atoms with Gasteiger partial charge in [-0.15, -0.1) is 0 Å². The topological polar surface area (TPSA) is 117 Å². The average molecular weight is 293 g/mol. The van der Waals surface area contributed by atoms with Crippen molar-refractivity contribution in [2.75, 3.05) is 23.8 Å². The van der Waals surface area contributed by atoms with E-state index >= 15 is 0 Å². The van der Waals surface area contributed by atoms with E-state index in [9.17, 15) is 19.7 Å². The number of carbonyl (C=O) groups excluding carboxylic acids is 2. The van der Waals surface area contributed by atoms with Crippen LogP contribution in [0.4, 0.5) is 17.3 Å². The Kier molecular flexibility index (Phi) is 3.50. The summed E-state index contributed by atoms with van der Waals surface area (Å²) in [7, 11) is 1.58. The maximum absolute atomic E-state index is 11.9. The highest BCUT2D eigenvalue weighted by Crippen LogP contribution is 2.29. The molecule has 0 atom stereocenters. The van der Waals surface area contributed by atoms with Crippen LogP contribution in [-0.2, 0) is 9.59 Å². The molecule has 2 rings (SSSR count). The molecule has 0 radical (unpaired) electrons. The molecule has 1 aliphatic rings. The van der Waals surface area contributed by atoms with E-state index < -0.39 is 22.3 Å². The fraction of sp³-hybridized carbons (Fsp3) is 0.417. The van der Waals surface area contributed by atoms with Crippen molar-refractivity contribution in [3.05, 3.63) is 22.2 Å². The number of nitro groups is 1. The molecular weight excluding hydrogens is 278 g/mol. The summed E-state index contributed by atoms with van der Waals surface area (Å²) in [5.74, 6) is -0.466. The summed E-state index contributed by atoms with van der Waals surface area (Å²) >= 11 is 0. The summed E-state index contributed by atoms with van der Waals surface area (Å²) in [6.07, 6.45) is 0. The van der Waals surface area contributed by atoms with E-state index in [1.54, 1.807) is 20.9 Å². The number of piperazine rings is 1. The fourth-order valence-corrected chi connectivity index (χ4v) is 2.02. The van der Waals surface area contributed by atoms with E-state index in [1.165, 1.54) is 17.0 Å². The van der Waals surface area contributed by atoms with Crippen LogP contribution in [0, 0.1) is 10.1 Å². The summed E-state index contributed by atoms with van der Waals surface area (Å²) in [5.41, 5.74) is -1.21. The van der Waals surface area contributed by atoms with Crippen LogP contribution in [0.1, 0.15) is 13.8 Å². The van der Waals surface area contributed by atoms with Gasteiger partial charge in [0.05, 0.1) is 23.6 Å². The Morgan fingerprint density at radius 2 is 2.10 bits per heavy atom. The first kappa shape index (κ1) is 14.7. The number of nitrogens with one attached hydrogen (secondary N) is 2. The molecule has 2 heterocycles. The molecule has 9 nitrogen and oxygen atoms in total. The predicted octanol–water partition coefficient (Wildman–Crippen LogP) is 0.273. The minimum atomic E-state index is -1.04. The van der Waals surface area contributed by atoms with E-state index in [4.69, 9.17) is 0 Å². The molecule has 21 heavy (non-hydrogen) atoms. The van der Waals surface area contributed by atoms with Gasteiger partial charge in [-0.3, -0.25) is 25.0 Å². The first-order chi connectivity index (χ1) is 9.75. The molecule has 1 aromatic heterocycles. The highest BCUT2D eigenvalue weighted by Gasteiger charge is 2.42. The highest BCUT2D eigenvalue weighted by molar-refractivity contribution is 6.06. The van der Waals surface area contributed by atoms with Crippen molar-refractivity contribution in [2.24, 2.45) is 0 Å². The SMILES string of the molecule is CNc1cc([N+](=O)[O-])cc(N2CC(=O)NC(=O)C2(C)C)n1. The molecule has 1 aromatic rings. The van der Waals surface area contributed by atoms with Crippen LogP contribution in [-0.4, -0.2) is 40.9 Å². The predicted molar refractivity (Wildman–Crippen MR) is 75.0 cm³/mol. The van der Waals surface area contributed by atoms with Gasteiger partial charge in [0.15, 0.2) is 0 Å². The number of amides is 2. The molecule has 0 unspecified atom stereocenters. The Morgan fingerprint density at radius 3 is 2.67 bits per heavy atom. The van der Waals surface area contributed by atoms with Gasteiger partial charge < -0.3 is 10.2 Å². The van der Waals surface area contributed by atoms with Crippen LogP contribution < -0.4 is 15.5 Å². The summed E-state index contributed by atoms with van der Waals surface area (Å²) in [6.45, 7) is 3.14. The summed E-state index contributed by atoms with van der Waals surface area (Å²) in [5, 5.41) is 15.9. The van der Waals surface area contributed by atoms with Gasteiger partial charge in [-0.1, -0.05) is 0 Å². The summed E-state index contributed by atoms with van der Waals surface area (Å²) < 4.78 is 0. The first-order valence-corrected chi connectivity index (χ1v) is 6.22. The Balaban J connectivity index is 2.53. The number of pyridine rings is 1. The Bertz CT molecular complexity index is 628. The van der Waals surface area contributed by atoms with Crippen LogP contribution in [0.25, 0.3) is 0 Å². The van der Waals surface area contributed by atoms with E-state index in [1.807, 2.05) is 0 Å². The second-order valence-corrected chi connectivity index (χ2v) is 5.10. The monoisotopic (exact) mass is 293 g/mol. The van der Waals surface area contributed by atoms with E-state index in [2.05, 4.69) is 15.6 Å². The molecule has 1 aliphatic heterocycles. The van der Waals surface area contributed by atoms with Crippen molar-refractivity contribution in [3.8, 4) is 0 Å². The lowest BCUT2D eigenvalue weighted by Crippen LogP contribution is -2.64. The third kappa shape index (κ3) is 2.62. The number of hydrogen-bond acceptors (Lipinski definition) is 7. The van der Waals surface area contributed by atoms with E-state index in [0.29, 0.717) is 0 Å². The zero-order valence-electron chi connectivity index (χ0n) is 11.8. The van der Waals surface area contributed by atoms with Crippen molar-refractivity contribution < 1.29 is 14.5 Å². The van der Waals surface area contributed by atoms with Crippen LogP contribution in [0.3, 0.4) is 0 Å². The van der Waals surface area contributed by atoms with Gasteiger partial charge >= 0.3 is 0 Å². The fourth-order valence-electron chi connectivity index (χ4n) is 2.02. The first-order valence-electron chi connectivity index (χ1n) is 6.22. The summed E-state index contributed by atoms with van der Waals surface area (Å²) in [6, 6.07) is 2.52. The number of imide groups is 1. The van der Waals surface area contributed by atoms with Gasteiger partial charge in [0, 0.05) is 7.05 Å². The molecule has 0 aliphatic carbocycles. The smallest absolute Gasteiger partial charge is 0.276 e. The van der Waals surface area contributed by atoms with Crippen LogP contribution >= 0.6 is 0 Å². The Hall–Kier alpha value is -2.71. The third-order valence-corrected chi connectivity index (χ3v) is 3.33. The number of aromatic nitrogens is 1. The van der Waals surface area contributed by atoms with Crippen LogP contribution in [0.15, 0.2) is 12.1 Å². The Morgan fingerprint density at radius 1 is 1.43 bits per heavy atom. The van der Waals surface area contributed by atoms with Crippen molar-refractivity contribution in [1.29, 1.82) is 0 Å². The highest BCUT2D eigenvalue weighted by atomic mass is 16.6. The van der Waals surface area contributed by atoms with Gasteiger partial charge in [0.2, 0.25) is 5.91 Å². The minimum absolute atomic E-state index is 0.101. The van der Waals surface area contributed by atoms with Crippen LogP contribution in [0.5, 0.6) is 0 Å². The second-order valence-electron chi connectivity index (χ2n) is 5.10. The van der Waals surface area contributed by atoms with E-state index in [-0.39, 0.29) is 23.9 Å². The number of anilines is 2. The second kappa shape index (κ2) is 5.00. The van der Waals surface area contributed by atoms with Crippen molar-refractivity contribution >= 4 is 29.1 Å². The molecule has 2 N–H and O–H groups in total. The van der Waals surface area contributed by atoms with E-state index in [0.717, 1.165) is 0 Å². The average Bonchev–Trinajstić information content (AvgIpc) is 2.42. The minimum Gasteiger partial charge on any atom is -0.373 e. The standard InChI is InChI=1S/C12H15N5O4/c1-12(2)11(19)15-10(18)6-16(12)9-5-7(17(20)21)4-8(13-3)14-9/h4-5H,6H2,1-3H3,(H,13,14)(H,15,18,19). The maximum atomic E-state index is 11.9. The van der Waals surface area contributed by atoms with Gasteiger partial charge in [0.1, 0.15) is 17.2 Å². The van der Waals surface area contributed by atoms with Gasteiger partial charge in [-0.05, 0) is 13.8 Å². The zero-order chi connectivity index (χ0) is 15.8. The molecule has 0 aromatic carbocycles. The number of carbonyl (C=O) groups is 2. The molecule has 1 fully saturated rings. The maximum Gasteiger partial charge on any atom is 0.276 e. The number of nitrogens with zero attached hydrogens (tertiary/aromatic N) is 3. The zero-order valence-corrected chi connectivity index (χ0v) is 11.8. The Labute approximate surface area is 120 Å². The molecule has 2 amide bonds. The third-order valence-electron chi connectivity index (χ3n) is 3.33. The largest absolute Gasteiger partial charge is 0.373 e. The number of hydrogen-bond donors (Lipinski definition) is 2. The van der Waals surface area contributed by atoms with Gasteiger partial charge in [0.25, 0.3) is 11.6 Å². The molecule has 0 spiro atoms. The molecule has 9 heteroatoms. The lowest BCUT2D eigenvalue weighted by Gasteiger charge is -2.40. The molecular formula is C12H15N5O4. The molecule has 1 saturated heterocycles. The summed E-state index contributed by atoms with van der Waals surface area (Å²) in [4.78, 5) is 39.6. The van der Waals surface area contributed by atoms with Gasteiger partial charge in [-0.25, -0.2) is 4.98 Å². The lowest BCUT2D eigenvalue weighted by molar-refractivity contribution is -0.384. The number of rotatable bonds is 3. The molecule has 0 saturated carbocycles. The van der Waals surface area contributed by atoms with Crippen molar-refractivity contribution in [3.63, 3.8) is 0 Å². The van der Waals surface area contributed by atoms with Gasteiger partial charge in [-0.2, -0.15) is 0 Å². The van der Waals surface area contributed by atoms with Crippen molar-refractivity contribution in [1.82, 2.24) is 10.3 Å². The quantitative estimate of drug-likeness (QED) is 0.466. The normalized spacial score (nSPS) is 17.4. The van der Waals surface area contributed by atoms with Crippen LogP contribution in [0.2, 0.25) is 0 Å². The van der Waals surface area contributed by atoms with Crippen molar-refractivity contribution in [2.45, 2.75) is 19.4 Å². The lowest BCUT2D eigenvalue weighted by atomic mass is 9.98.